The maximum absolute atomic E-state index is 12.6. The van der Waals surface area contributed by atoms with E-state index in [1.165, 1.54) is 11.3 Å². The van der Waals surface area contributed by atoms with Crippen LogP contribution < -0.4 is 5.32 Å². The first-order valence-electron chi connectivity index (χ1n) is 10.3. The summed E-state index contributed by atoms with van der Waals surface area (Å²) in [5.74, 6) is -0.0214. The molecular formula is C23H23N5O2S. The Hall–Kier alpha value is -3.44. The molecule has 2 amide bonds. The third-order valence-electron chi connectivity index (χ3n) is 5.40. The van der Waals surface area contributed by atoms with Gasteiger partial charge in [-0.05, 0) is 24.0 Å². The molecule has 0 aliphatic carbocycles. The van der Waals surface area contributed by atoms with Gasteiger partial charge in [-0.1, -0.05) is 30.3 Å². The highest BCUT2D eigenvalue weighted by Gasteiger charge is 2.27. The molecule has 0 radical (unpaired) electrons. The second kappa shape index (κ2) is 9.58. The number of nitrogens with one attached hydrogen (secondary N) is 1. The van der Waals surface area contributed by atoms with Crippen molar-refractivity contribution in [1.29, 1.82) is 5.26 Å². The Morgan fingerprint density at radius 2 is 2.06 bits per heavy atom. The van der Waals surface area contributed by atoms with E-state index in [4.69, 9.17) is 0 Å². The average molecular weight is 434 g/mol. The minimum absolute atomic E-state index is 0.0831. The molecule has 31 heavy (non-hydrogen) atoms. The van der Waals surface area contributed by atoms with Crippen molar-refractivity contribution < 1.29 is 9.59 Å². The zero-order chi connectivity index (χ0) is 21.6. The van der Waals surface area contributed by atoms with Crippen molar-refractivity contribution in [2.24, 2.45) is 0 Å². The van der Waals surface area contributed by atoms with E-state index < -0.39 is 0 Å². The maximum atomic E-state index is 12.6. The van der Waals surface area contributed by atoms with Crippen LogP contribution in [0.1, 0.15) is 34.4 Å². The number of anilines is 1. The van der Waals surface area contributed by atoms with Gasteiger partial charge in [0.25, 0.3) is 0 Å². The number of amides is 2. The summed E-state index contributed by atoms with van der Waals surface area (Å²) >= 11 is 1.41. The zero-order valence-corrected chi connectivity index (χ0v) is 17.9. The highest BCUT2D eigenvalue weighted by Crippen LogP contribution is 2.36. The molecule has 1 aliphatic rings. The second-order valence-corrected chi connectivity index (χ2v) is 8.57. The van der Waals surface area contributed by atoms with Crippen LogP contribution in [-0.2, 0) is 35.5 Å². The van der Waals surface area contributed by atoms with Crippen LogP contribution in [0.4, 0.5) is 5.00 Å². The monoisotopic (exact) mass is 433 g/mol. The Morgan fingerprint density at radius 3 is 2.81 bits per heavy atom. The van der Waals surface area contributed by atoms with Gasteiger partial charge in [0, 0.05) is 43.2 Å². The number of benzene rings is 1. The first kappa shape index (κ1) is 20.8. The Bertz CT molecular complexity index is 1100. The summed E-state index contributed by atoms with van der Waals surface area (Å²) in [7, 11) is 0. The summed E-state index contributed by atoms with van der Waals surface area (Å²) in [6, 6.07) is 12.1. The van der Waals surface area contributed by atoms with E-state index in [0.29, 0.717) is 55.9 Å². The van der Waals surface area contributed by atoms with Gasteiger partial charge in [-0.15, -0.1) is 11.3 Å². The first-order chi connectivity index (χ1) is 15.1. The number of aromatic nitrogens is 2. The lowest BCUT2D eigenvalue weighted by atomic mass is 10.0. The van der Waals surface area contributed by atoms with E-state index >= 15 is 0 Å². The molecule has 1 aliphatic heterocycles. The Balaban J connectivity index is 1.37. The largest absolute Gasteiger partial charge is 0.337 e. The fourth-order valence-electron chi connectivity index (χ4n) is 3.72. The van der Waals surface area contributed by atoms with Crippen LogP contribution >= 0.6 is 11.3 Å². The zero-order valence-electron chi connectivity index (χ0n) is 17.1. The van der Waals surface area contributed by atoms with E-state index in [-0.39, 0.29) is 11.8 Å². The molecule has 8 heteroatoms. The molecule has 3 heterocycles. The van der Waals surface area contributed by atoms with Crippen molar-refractivity contribution in [2.45, 2.75) is 38.8 Å². The van der Waals surface area contributed by atoms with Crippen molar-refractivity contribution in [2.75, 3.05) is 11.9 Å². The minimum Gasteiger partial charge on any atom is -0.337 e. The van der Waals surface area contributed by atoms with Gasteiger partial charge in [-0.25, -0.2) is 4.98 Å². The van der Waals surface area contributed by atoms with E-state index in [2.05, 4.69) is 16.4 Å². The average Bonchev–Trinajstić information content (AvgIpc) is 3.43. The van der Waals surface area contributed by atoms with Gasteiger partial charge in [-0.3, -0.25) is 9.59 Å². The first-order valence-corrected chi connectivity index (χ1v) is 11.1. The molecule has 3 aromatic rings. The van der Waals surface area contributed by atoms with Gasteiger partial charge < -0.3 is 14.8 Å². The van der Waals surface area contributed by atoms with Crippen LogP contribution in [-0.4, -0.2) is 32.8 Å². The van der Waals surface area contributed by atoms with Gasteiger partial charge in [0.1, 0.15) is 11.1 Å². The van der Waals surface area contributed by atoms with Crippen molar-refractivity contribution in [1.82, 2.24) is 14.5 Å². The summed E-state index contributed by atoms with van der Waals surface area (Å²) in [5.41, 5.74) is 2.61. The van der Waals surface area contributed by atoms with Gasteiger partial charge in [0.15, 0.2) is 0 Å². The minimum atomic E-state index is -0.104. The summed E-state index contributed by atoms with van der Waals surface area (Å²) in [6.45, 7) is 1.67. The summed E-state index contributed by atoms with van der Waals surface area (Å²) in [6.07, 6.45) is 7.29. The molecule has 0 atom stereocenters. The predicted octanol–water partition coefficient (Wildman–Crippen LogP) is 3.36. The Morgan fingerprint density at radius 1 is 1.23 bits per heavy atom. The molecule has 4 rings (SSSR count). The maximum Gasteiger partial charge on any atom is 0.225 e. The van der Waals surface area contributed by atoms with Gasteiger partial charge in [0.05, 0.1) is 18.4 Å². The van der Waals surface area contributed by atoms with E-state index in [1.807, 2.05) is 46.0 Å². The normalized spacial score (nSPS) is 12.8. The number of imidazole rings is 1. The lowest BCUT2D eigenvalue weighted by molar-refractivity contribution is -0.132. The fraction of sp³-hybridized carbons (Fsp3) is 0.304. The van der Waals surface area contributed by atoms with Crippen molar-refractivity contribution >= 4 is 28.2 Å². The molecule has 0 saturated carbocycles. The topological polar surface area (TPSA) is 91.0 Å². The molecule has 0 fully saturated rings. The van der Waals surface area contributed by atoms with Crippen LogP contribution in [0.3, 0.4) is 0 Å². The molecule has 2 aromatic heterocycles. The van der Waals surface area contributed by atoms with Gasteiger partial charge in [0.2, 0.25) is 11.8 Å². The summed E-state index contributed by atoms with van der Waals surface area (Å²) in [4.78, 5) is 31.9. The molecular weight excluding hydrogens is 410 g/mol. The highest BCUT2D eigenvalue weighted by atomic mass is 32.1. The smallest absolute Gasteiger partial charge is 0.225 e. The van der Waals surface area contributed by atoms with Crippen LogP contribution in [0, 0.1) is 11.3 Å². The standard InChI is InChI=1S/C23H23N5O2S/c24-14-19-18-8-12-28(22(30)9-11-27-13-10-25-16-27)15-20(18)31-23(19)26-21(29)7-6-17-4-2-1-3-5-17/h1-5,10,13,16H,6-9,11-12,15H2,(H,26,29). The van der Waals surface area contributed by atoms with Crippen molar-refractivity contribution in [3.05, 3.63) is 70.6 Å². The molecule has 7 nitrogen and oxygen atoms in total. The molecule has 158 valence electrons. The van der Waals surface area contributed by atoms with E-state index in [9.17, 15) is 14.9 Å². The molecule has 0 saturated heterocycles. The third kappa shape index (κ3) is 5.01. The summed E-state index contributed by atoms with van der Waals surface area (Å²) < 4.78 is 1.88. The number of aryl methyl sites for hydroxylation is 2. The molecule has 0 bridgehead atoms. The van der Waals surface area contributed by atoms with E-state index in [1.54, 1.807) is 12.5 Å². The van der Waals surface area contributed by atoms with Crippen LogP contribution in [0.25, 0.3) is 0 Å². The SMILES string of the molecule is N#Cc1c(NC(=O)CCc2ccccc2)sc2c1CCN(C(=O)CCn1ccnc1)C2. The third-order valence-corrected chi connectivity index (χ3v) is 6.53. The number of hydrogen-bond donors (Lipinski definition) is 1. The predicted molar refractivity (Wildman–Crippen MR) is 118 cm³/mol. The van der Waals surface area contributed by atoms with Gasteiger partial charge in [-0.2, -0.15) is 5.26 Å². The van der Waals surface area contributed by atoms with Crippen LogP contribution in [0.2, 0.25) is 0 Å². The number of nitrogens with zero attached hydrogens (tertiary/aromatic N) is 4. The number of hydrogen-bond acceptors (Lipinski definition) is 5. The number of carbonyl (C=O) groups is 2. The van der Waals surface area contributed by atoms with Crippen molar-refractivity contribution in [3.8, 4) is 6.07 Å². The molecule has 1 N–H and O–H groups in total. The number of nitriles is 1. The number of fused-ring (bicyclic) bond motifs is 1. The fourth-order valence-corrected chi connectivity index (χ4v) is 4.95. The molecule has 0 spiro atoms. The Kier molecular flexibility index (Phi) is 6.43. The molecule has 1 aromatic carbocycles. The summed E-state index contributed by atoms with van der Waals surface area (Å²) in [5, 5.41) is 13.2. The second-order valence-electron chi connectivity index (χ2n) is 7.47. The van der Waals surface area contributed by atoms with Crippen LogP contribution in [0.5, 0.6) is 0 Å². The lowest BCUT2D eigenvalue weighted by Crippen LogP contribution is -2.35. The number of thiophene rings is 1. The number of carbonyl (C=O) groups excluding carboxylic acids is 2. The van der Waals surface area contributed by atoms with Crippen molar-refractivity contribution in [3.63, 3.8) is 0 Å². The quantitative estimate of drug-likeness (QED) is 0.619. The molecule has 0 unspecified atom stereocenters. The highest BCUT2D eigenvalue weighted by molar-refractivity contribution is 7.16. The van der Waals surface area contributed by atoms with Crippen LogP contribution in [0.15, 0.2) is 49.1 Å². The number of rotatable bonds is 7. The lowest BCUT2D eigenvalue weighted by Gasteiger charge is -2.27. The van der Waals surface area contributed by atoms with E-state index in [0.717, 1.165) is 16.0 Å². The van der Waals surface area contributed by atoms with Gasteiger partial charge >= 0.3 is 0 Å². The Labute approximate surface area is 184 Å².